The Morgan fingerprint density at radius 3 is 2.60 bits per heavy atom. The van der Waals surface area contributed by atoms with E-state index in [0.717, 1.165) is 60.1 Å². The number of aryl methyl sites for hydroxylation is 2. The molecule has 0 bridgehead atoms. The van der Waals surface area contributed by atoms with E-state index in [-0.39, 0.29) is 5.95 Å². The molecule has 0 spiro atoms. The van der Waals surface area contributed by atoms with Crippen LogP contribution in [0, 0.1) is 0 Å². The number of nitrogens with two attached hydrogens (primary N) is 1. The zero-order valence-electron chi connectivity index (χ0n) is 24.0. The molecule has 3 aliphatic rings. The SMILES string of the molecule is Nc1nc(Nc2ccc(C=CCN3CCC(N4CCCC4)CC3)nc2)nn1-c1cc2c(nn1)-c1ccccc1CCC2. The van der Waals surface area contributed by atoms with Crippen molar-refractivity contribution in [2.24, 2.45) is 0 Å². The van der Waals surface area contributed by atoms with Crippen LogP contribution in [-0.2, 0) is 12.8 Å². The summed E-state index contributed by atoms with van der Waals surface area (Å²) >= 11 is 0. The first-order chi connectivity index (χ1) is 20.7. The van der Waals surface area contributed by atoms with Crippen molar-refractivity contribution in [2.75, 3.05) is 43.8 Å². The van der Waals surface area contributed by atoms with Gasteiger partial charge in [-0.25, -0.2) is 0 Å². The summed E-state index contributed by atoms with van der Waals surface area (Å²) in [4.78, 5) is 14.2. The maximum absolute atomic E-state index is 6.24. The number of nitrogens with one attached hydrogen (secondary N) is 1. The summed E-state index contributed by atoms with van der Waals surface area (Å²) in [6, 6.07) is 15.2. The van der Waals surface area contributed by atoms with Gasteiger partial charge in [0.05, 0.1) is 23.3 Å². The molecule has 0 saturated carbocycles. The molecule has 7 rings (SSSR count). The van der Waals surface area contributed by atoms with Gasteiger partial charge in [-0.15, -0.1) is 15.3 Å². The number of anilines is 3. The van der Waals surface area contributed by atoms with Gasteiger partial charge >= 0.3 is 0 Å². The molecule has 2 fully saturated rings. The molecule has 1 aromatic carbocycles. The van der Waals surface area contributed by atoms with Crippen molar-refractivity contribution >= 4 is 23.7 Å². The van der Waals surface area contributed by atoms with Gasteiger partial charge in [-0.2, -0.15) is 9.67 Å². The molecule has 0 radical (unpaired) electrons. The smallest absolute Gasteiger partial charge is 0.248 e. The van der Waals surface area contributed by atoms with Gasteiger partial charge < -0.3 is 16.0 Å². The fourth-order valence-electron chi connectivity index (χ4n) is 6.53. The van der Waals surface area contributed by atoms with Crippen LogP contribution in [0.1, 0.15) is 48.9 Å². The Morgan fingerprint density at radius 1 is 0.929 bits per heavy atom. The van der Waals surface area contributed by atoms with Gasteiger partial charge in [0, 0.05) is 18.2 Å². The van der Waals surface area contributed by atoms with E-state index in [0.29, 0.717) is 11.8 Å². The van der Waals surface area contributed by atoms with Crippen molar-refractivity contribution in [1.82, 2.24) is 39.7 Å². The highest BCUT2D eigenvalue weighted by Gasteiger charge is 2.26. The lowest BCUT2D eigenvalue weighted by molar-refractivity contribution is 0.135. The maximum Gasteiger partial charge on any atom is 0.248 e. The lowest BCUT2D eigenvalue weighted by Gasteiger charge is -2.36. The van der Waals surface area contributed by atoms with Gasteiger partial charge in [0.25, 0.3) is 0 Å². The van der Waals surface area contributed by atoms with Crippen LogP contribution in [0.3, 0.4) is 0 Å². The molecule has 216 valence electrons. The van der Waals surface area contributed by atoms with E-state index in [9.17, 15) is 0 Å². The van der Waals surface area contributed by atoms with Gasteiger partial charge in [-0.1, -0.05) is 30.3 Å². The second kappa shape index (κ2) is 12.0. The fourth-order valence-corrected chi connectivity index (χ4v) is 6.53. The van der Waals surface area contributed by atoms with Crippen LogP contribution >= 0.6 is 0 Å². The zero-order valence-corrected chi connectivity index (χ0v) is 24.0. The van der Waals surface area contributed by atoms with Crippen molar-refractivity contribution in [1.29, 1.82) is 0 Å². The highest BCUT2D eigenvalue weighted by Crippen LogP contribution is 2.31. The Morgan fingerprint density at radius 2 is 1.76 bits per heavy atom. The molecule has 1 aliphatic carbocycles. The highest BCUT2D eigenvalue weighted by atomic mass is 15.4. The Kier molecular flexibility index (Phi) is 7.63. The van der Waals surface area contributed by atoms with Crippen molar-refractivity contribution < 1.29 is 0 Å². The molecule has 5 heterocycles. The van der Waals surface area contributed by atoms with Crippen molar-refractivity contribution in [3.63, 3.8) is 0 Å². The van der Waals surface area contributed by atoms with Crippen LogP contribution in [-0.4, -0.2) is 78.5 Å². The number of rotatable bonds is 7. The monoisotopic (exact) mass is 562 g/mol. The summed E-state index contributed by atoms with van der Waals surface area (Å²) in [5.41, 5.74) is 12.5. The highest BCUT2D eigenvalue weighted by molar-refractivity contribution is 5.68. The largest absolute Gasteiger partial charge is 0.368 e. The summed E-state index contributed by atoms with van der Waals surface area (Å²) < 4.78 is 1.53. The molecule has 3 aromatic heterocycles. The summed E-state index contributed by atoms with van der Waals surface area (Å²) in [6.45, 7) is 5.91. The Balaban J connectivity index is 0.962. The first kappa shape index (κ1) is 26.7. The third-order valence-electron chi connectivity index (χ3n) is 8.78. The topological polar surface area (TPSA) is 114 Å². The van der Waals surface area contributed by atoms with Crippen LogP contribution in [0.4, 0.5) is 17.6 Å². The van der Waals surface area contributed by atoms with Gasteiger partial charge in [0.15, 0.2) is 5.82 Å². The summed E-state index contributed by atoms with van der Waals surface area (Å²) in [7, 11) is 0. The van der Waals surface area contributed by atoms with Crippen LogP contribution in [0.5, 0.6) is 0 Å². The quantitative estimate of drug-likeness (QED) is 0.336. The molecule has 10 heteroatoms. The molecule has 0 atom stereocenters. The van der Waals surface area contributed by atoms with E-state index in [4.69, 9.17) is 5.73 Å². The third kappa shape index (κ3) is 5.77. The summed E-state index contributed by atoms with van der Waals surface area (Å²) in [5, 5.41) is 16.8. The number of pyridine rings is 1. The van der Waals surface area contributed by atoms with Crippen LogP contribution < -0.4 is 11.1 Å². The average molecular weight is 563 g/mol. The standard InChI is InChI=1S/C32H38N10/c33-31-36-32(39-42(31)29-21-24-9-5-8-23-7-1-2-11-28(23)30(24)38-37-29)35-26-13-12-25(34-22-26)10-6-16-40-19-14-27(15-20-40)41-17-3-4-18-41/h1-2,6-7,10-13,21-22,27H,3-5,8-9,14-20H2,(H3,33,35,36,39). The Labute approximate surface area is 246 Å². The van der Waals surface area contributed by atoms with Gasteiger partial charge in [0.1, 0.15) is 0 Å². The average Bonchev–Trinajstić information content (AvgIpc) is 3.65. The number of likely N-dealkylation sites (tertiary alicyclic amines) is 2. The number of benzene rings is 1. The van der Waals surface area contributed by atoms with E-state index >= 15 is 0 Å². The van der Waals surface area contributed by atoms with Gasteiger partial charge in [-0.05, 0) is 107 Å². The minimum atomic E-state index is 0.248. The molecule has 4 aromatic rings. The molecule has 3 N–H and O–H groups in total. The number of hydrogen-bond donors (Lipinski definition) is 2. The molecule has 0 unspecified atom stereocenters. The predicted octanol–water partition coefficient (Wildman–Crippen LogP) is 4.51. The number of nitrogen functional groups attached to an aromatic ring is 1. The minimum absolute atomic E-state index is 0.248. The lowest BCUT2D eigenvalue weighted by atomic mass is 10.0. The van der Waals surface area contributed by atoms with Crippen molar-refractivity contribution in [3.05, 3.63) is 71.6 Å². The lowest BCUT2D eigenvalue weighted by Crippen LogP contribution is -2.43. The van der Waals surface area contributed by atoms with E-state index < -0.39 is 0 Å². The number of aromatic nitrogens is 6. The van der Waals surface area contributed by atoms with Crippen molar-refractivity contribution in [2.45, 2.75) is 51.0 Å². The second-order valence-electron chi connectivity index (χ2n) is 11.6. The second-order valence-corrected chi connectivity index (χ2v) is 11.6. The summed E-state index contributed by atoms with van der Waals surface area (Å²) in [6.07, 6.45) is 14.4. The molecular weight excluding hydrogens is 524 g/mol. The molecule has 10 nitrogen and oxygen atoms in total. The third-order valence-corrected chi connectivity index (χ3v) is 8.78. The molecule has 0 amide bonds. The van der Waals surface area contributed by atoms with E-state index in [1.165, 1.54) is 62.1 Å². The molecule has 42 heavy (non-hydrogen) atoms. The van der Waals surface area contributed by atoms with Crippen LogP contribution in [0.15, 0.2) is 54.7 Å². The number of nitrogens with zero attached hydrogens (tertiary/aromatic N) is 8. The maximum atomic E-state index is 6.24. The van der Waals surface area contributed by atoms with Crippen molar-refractivity contribution in [3.8, 4) is 17.1 Å². The Bertz CT molecular complexity index is 1550. The first-order valence-corrected chi connectivity index (χ1v) is 15.2. The predicted molar refractivity (Wildman–Crippen MR) is 166 cm³/mol. The zero-order chi connectivity index (χ0) is 28.3. The van der Waals surface area contributed by atoms with E-state index in [1.807, 2.05) is 24.3 Å². The van der Waals surface area contributed by atoms with E-state index in [2.05, 4.69) is 70.7 Å². The normalized spacial score (nSPS) is 18.2. The minimum Gasteiger partial charge on any atom is -0.368 e. The van der Waals surface area contributed by atoms with Crippen LogP contribution in [0.2, 0.25) is 0 Å². The summed E-state index contributed by atoms with van der Waals surface area (Å²) in [5.74, 6) is 1.19. The molecule has 2 aliphatic heterocycles. The molecular formula is C32H38N10. The Hall–Kier alpha value is -4.15. The van der Waals surface area contributed by atoms with E-state index in [1.54, 1.807) is 6.20 Å². The molecule has 2 saturated heterocycles. The van der Waals surface area contributed by atoms with Crippen LogP contribution in [0.25, 0.3) is 23.2 Å². The number of hydrogen-bond acceptors (Lipinski definition) is 9. The number of piperidine rings is 1. The number of fused-ring (bicyclic) bond motifs is 3. The van der Waals surface area contributed by atoms with Gasteiger partial charge in [-0.3, -0.25) is 9.88 Å². The van der Waals surface area contributed by atoms with Gasteiger partial charge in [0.2, 0.25) is 11.9 Å². The first-order valence-electron chi connectivity index (χ1n) is 15.2. The fraction of sp³-hybridized carbons (Fsp3) is 0.406.